The van der Waals surface area contributed by atoms with E-state index in [0.717, 1.165) is 6.07 Å². The third kappa shape index (κ3) is 3.36. The molecule has 3 nitrogen and oxygen atoms in total. The zero-order valence-electron chi connectivity index (χ0n) is 7.42. The summed E-state index contributed by atoms with van der Waals surface area (Å²) in [6, 6.07) is 1.28. The van der Waals surface area contributed by atoms with E-state index >= 15 is 0 Å². The first-order valence-electron chi connectivity index (χ1n) is 3.81. The van der Waals surface area contributed by atoms with Gasteiger partial charge < -0.3 is 14.8 Å². The van der Waals surface area contributed by atoms with E-state index in [1.807, 2.05) is 0 Å². The Morgan fingerprint density at radius 2 is 1.81 bits per heavy atom. The number of ether oxygens (including phenoxy) is 1. The fourth-order valence-corrected chi connectivity index (χ4v) is 1.42. The summed E-state index contributed by atoms with van der Waals surface area (Å²) in [5.41, 5.74) is -0.714. The lowest BCUT2D eigenvalue weighted by molar-refractivity contribution is -0.274. The molecule has 0 heterocycles. The molecular weight excluding hydrogens is 299 g/mol. The third-order valence-electron chi connectivity index (χ3n) is 1.54. The van der Waals surface area contributed by atoms with Gasteiger partial charge in [0.15, 0.2) is 0 Å². The van der Waals surface area contributed by atoms with Crippen LogP contribution in [0, 0.1) is 5.82 Å². The Labute approximate surface area is 95.9 Å². The topological polar surface area (TPSA) is 49.7 Å². The Morgan fingerprint density at radius 3 is 2.25 bits per heavy atom. The lowest BCUT2D eigenvalue weighted by atomic mass is 9.80. The van der Waals surface area contributed by atoms with Crippen molar-refractivity contribution < 1.29 is 32.3 Å². The van der Waals surface area contributed by atoms with Gasteiger partial charge in [-0.25, -0.2) is 4.39 Å². The van der Waals surface area contributed by atoms with Gasteiger partial charge in [-0.15, -0.1) is 13.2 Å². The van der Waals surface area contributed by atoms with E-state index in [1.54, 1.807) is 0 Å². The maximum absolute atomic E-state index is 13.2. The van der Waals surface area contributed by atoms with Crippen LogP contribution < -0.4 is 10.2 Å². The third-order valence-corrected chi connectivity index (χ3v) is 2.12. The predicted molar refractivity (Wildman–Crippen MR) is 50.6 cm³/mol. The highest BCUT2D eigenvalue weighted by Crippen LogP contribution is 2.26. The molecule has 88 valence electrons. The molecule has 0 spiro atoms. The maximum atomic E-state index is 13.2. The van der Waals surface area contributed by atoms with Crippen molar-refractivity contribution in [3.05, 3.63) is 22.4 Å². The molecule has 0 aliphatic carbocycles. The first kappa shape index (κ1) is 13.3. The molecule has 0 saturated heterocycles. The normalized spacial score (nSPS) is 11.4. The fourth-order valence-electron chi connectivity index (χ4n) is 0.965. The minimum atomic E-state index is -4.94. The van der Waals surface area contributed by atoms with Crippen molar-refractivity contribution >= 4 is 28.5 Å². The highest BCUT2D eigenvalue weighted by atomic mass is 79.9. The molecule has 0 amide bonds. The van der Waals surface area contributed by atoms with Gasteiger partial charge in [-0.1, -0.05) is 0 Å². The van der Waals surface area contributed by atoms with Crippen LogP contribution in [0.5, 0.6) is 5.75 Å². The molecule has 2 N–H and O–H groups in total. The second kappa shape index (κ2) is 4.60. The van der Waals surface area contributed by atoms with Crippen LogP contribution in [-0.4, -0.2) is 23.5 Å². The Morgan fingerprint density at radius 1 is 1.25 bits per heavy atom. The van der Waals surface area contributed by atoms with E-state index in [1.165, 1.54) is 0 Å². The van der Waals surface area contributed by atoms with Crippen molar-refractivity contribution in [1.82, 2.24) is 0 Å². The van der Waals surface area contributed by atoms with Crippen LogP contribution in [0.1, 0.15) is 0 Å². The molecule has 1 rings (SSSR count). The largest absolute Gasteiger partial charge is 0.573 e. The first-order chi connectivity index (χ1) is 7.20. The lowest BCUT2D eigenvalue weighted by Crippen LogP contribution is -2.33. The van der Waals surface area contributed by atoms with E-state index in [4.69, 9.17) is 10.0 Å². The van der Waals surface area contributed by atoms with Gasteiger partial charge in [0, 0.05) is 5.46 Å². The summed E-state index contributed by atoms with van der Waals surface area (Å²) in [6.07, 6.45) is -4.94. The minimum absolute atomic E-state index is 0.364. The van der Waals surface area contributed by atoms with Gasteiger partial charge in [0.1, 0.15) is 11.6 Å². The Hall–Kier alpha value is -0.795. The van der Waals surface area contributed by atoms with Gasteiger partial charge in [0.05, 0.1) is 4.47 Å². The maximum Gasteiger partial charge on any atom is 0.573 e. The zero-order chi connectivity index (χ0) is 12.5. The van der Waals surface area contributed by atoms with Crippen molar-refractivity contribution in [3.63, 3.8) is 0 Å². The molecule has 0 aliphatic heterocycles. The average molecular weight is 303 g/mol. The molecule has 0 aromatic heterocycles. The number of hydrogen-bond acceptors (Lipinski definition) is 3. The molecule has 0 bridgehead atoms. The molecule has 0 aliphatic rings. The lowest BCUT2D eigenvalue weighted by Gasteiger charge is -2.11. The molecule has 0 unspecified atom stereocenters. The second-order valence-electron chi connectivity index (χ2n) is 2.73. The number of rotatable bonds is 2. The van der Waals surface area contributed by atoms with Gasteiger partial charge in [0.25, 0.3) is 0 Å². The molecule has 0 atom stereocenters. The number of benzene rings is 1. The van der Waals surface area contributed by atoms with Crippen molar-refractivity contribution in [3.8, 4) is 5.75 Å². The molecule has 0 saturated carbocycles. The first-order valence-corrected chi connectivity index (χ1v) is 4.61. The minimum Gasteiger partial charge on any atom is -0.423 e. The molecule has 1 aromatic carbocycles. The van der Waals surface area contributed by atoms with Crippen LogP contribution in [0.3, 0.4) is 0 Å². The molecule has 0 fully saturated rings. The average Bonchev–Trinajstić information content (AvgIpc) is 2.07. The fraction of sp³-hybridized carbons (Fsp3) is 0.143. The SMILES string of the molecule is OB(O)c1cc(OC(F)(F)F)cc(Br)c1F. The number of halogens is 5. The second-order valence-corrected chi connectivity index (χ2v) is 3.58. The Bertz CT molecular complexity index is 396. The van der Waals surface area contributed by atoms with Crippen molar-refractivity contribution in [2.75, 3.05) is 0 Å². The highest BCUT2D eigenvalue weighted by molar-refractivity contribution is 9.10. The Kier molecular flexibility index (Phi) is 3.82. The van der Waals surface area contributed by atoms with E-state index in [0.29, 0.717) is 6.07 Å². The van der Waals surface area contributed by atoms with Crippen LogP contribution in [0.15, 0.2) is 16.6 Å². The molecule has 0 radical (unpaired) electrons. The van der Waals surface area contributed by atoms with Gasteiger partial charge in [-0.2, -0.15) is 0 Å². The van der Waals surface area contributed by atoms with Gasteiger partial charge in [-0.3, -0.25) is 0 Å². The monoisotopic (exact) mass is 302 g/mol. The van der Waals surface area contributed by atoms with Crippen LogP contribution in [0.25, 0.3) is 0 Å². The molecule has 16 heavy (non-hydrogen) atoms. The number of alkyl halides is 3. The predicted octanol–water partition coefficient (Wildman–Crippen LogP) is 1.17. The summed E-state index contributed by atoms with van der Waals surface area (Å²) in [6.45, 7) is 0. The van der Waals surface area contributed by atoms with Gasteiger partial charge >= 0.3 is 13.5 Å². The van der Waals surface area contributed by atoms with E-state index in [-0.39, 0.29) is 4.47 Å². The van der Waals surface area contributed by atoms with E-state index in [9.17, 15) is 17.6 Å². The summed E-state index contributed by atoms with van der Waals surface area (Å²) < 4.78 is 51.9. The molecule has 9 heteroatoms. The summed E-state index contributed by atoms with van der Waals surface area (Å²) in [7, 11) is -2.23. The van der Waals surface area contributed by atoms with Crippen LogP contribution >= 0.6 is 15.9 Å². The van der Waals surface area contributed by atoms with E-state index < -0.39 is 30.5 Å². The van der Waals surface area contributed by atoms with Crippen molar-refractivity contribution in [2.45, 2.75) is 6.36 Å². The highest BCUT2D eigenvalue weighted by Gasteiger charge is 2.32. The number of hydrogen-bond donors (Lipinski definition) is 2. The quantitative estimate of drug-likeness (QED) is 0.637. The van der Waals surface area contributed by atoms with Crippen molar-refractivity contribution in [1.29, 1.82) is 0 Å². The van der Waals surface area contributed by atoms with Crippen molar-refractivity contribution in [2.24, 2.45) is 0 Å². The Balaban J connectivity index is 3.14. The van der Waals surface area contributed by atoms with E-state index in [2.05, 4.69) is 20.7 Å². The summed E-state index contributed by atoms with van der Waals surface area (Å²) in [5, 5.41) is 17.4. The standard InChI is InChI=1S/C7H4BBrF4O3/c9-5-2-3(16-7(11,12)13)1-4(6(5)10)8(14)15/h1-2,14-15H. The summed E-state index contributed by atoms with van der Waals surface area (Å²) in [4.78, 5) is 0. The van der Waals surface area contributed by atoms with Crippen LogP contribution in [0.2, 0.25) is 0 Å². The van der Waals surface area contributed by atoms with Crippen LogP contribution in [-0.2, 0) is 0 Å². The smallest absolute Gasteiger partial charge is 0.423 e. The zero-order valence-corrected chi connectivity index (χ0v) is 9.01. The summed E-state index contributed by atoms with van der Waals surface area (Å²) >= 11 is 2.63. The van der Waals surface area contributed by atoms with Gasteiger partial charge in [0.2, 0.25) is 0 Å². The van der Waals surface area contributed by atoms with Crippen LogP contribution in [0.4, 0.5) is 17.6 Å². The molecular formula is C7H4BBrF4O3. The molecule has 1 aromatic rings. The van der Waals surface area contributed by atoms with Gasteiger partial charge in [-0.05, 0) is 28.1 Å². The summed E-state index contributed by atoms with van der Waals surface area (Å²) in [5.74, 6) is -1.81.